The largest absolute Gasteiger partial charge is 0.497 e. The molecule has 1 heterocycles. The van der Waals surface area contributed by atoms with Gasteiger partial charge in [0, 0.05) is 25.0 Å². The number of rotatable bonds is 7. The third kappa shape index (κ3) is 4.19. The number of nitrogens with zero attached hydrogens (tertiary/aromatic N) is 2. The van der Waals surface area contributed by atoms with E-state index in [2.05, 4.69) is 48.6 Å². The first-order chi connectivity index (χ1) is 10.1. The summed E-state index contributed by atoms with van der Waals surface area (Å²) < 4.78 is 5.26. The Morgan fingerprint density at radius 3 is 2.95 bits per heavy atom. The lowest BCUT2D eigenvalue weighted by Crippen LogP contribution is -2.19. The van der Waals surface area contributed by atoms with Gasteiger partial charge in [0.05, 0.1) is 12.8 Å². The minimum Gasteiger partial charge on any atom is -0.497 e. The molecule has 1 unspecified atom stereocenters. The molecular weight excluding hydrogens is 282 g/mol. The molecule has 0 saturated carbocycles. The van der Waals surface area contributed by atoms with E-state index in [0.29, 0.717) is 6.04 Å². The third-order valence-electron chi connectivity index (χ3n) is 3.34. The van der Waals surface area contributed by atoms with E-state index in [4.69, 9.17) is 9.72 Å². The predicted molar refractivity (Wildman–Crippen MR) is 89.3 cm³/mol. The summed E-state index contributed by atoms with van der Waals surface area (Å²) in [6.45, 7) is 6.02. The number of nitrogens with one attached hydrogen (secondary N) is 1. The quantitative estimate of drug-likeness (QED) is 0.850. The molecule has 0 aliphatic carbocycles. The SMILES string of the molecule is CCNC(C)c1csc(N(C)Cc2cccc(OC)c2)n1. The second-order valence-electron chi connectivity index (χ2n) is 5.04. The summed E-state index contributed by atoms with van der Waals surface area (Å²) in [5, 5.41) is 6.56. The molecule has 0 aliphatic heterocycles. The fourth-order valence-electron chi connectivity index (χ4n) is 2.17. The van der Waals surface area contributed by atoms with Crippen molar-refractivity contribution < 1.29 is 4.74 Å². The molecule has 0 amide bonds. The Labute approximate surface area is 130 Å². The van der Waals surface area contributed by atoms with Crippen LogP contribution in [0.25, 0.3) is 0 Å². The van der Waals surface area contributed by atoms with Gasteiger partial charge >= 0.3 is 0 Å². The molecule has 5 heteroatoms. The van der Waals surface area contributed by atoms with Gasteiger partial charge < -0.3 is 15.0 Å². The van der Waals surface area contributed by atoms with Crippen molar-refractivity contribution in [2.75, 3.05) is 25.6 Å². The van der Waals surface area contributed by atoms with Crippen LogP contribution in [-0.4, -0.2) is 25.7 Å². The van der Waals surface area contributed by atoms with E-state index < -0.39 is 0 Å². The average molecular weight is 305 g/mol. The van der Waals surface area contributed by atoms with Gasteiger partial charge in [-0.15, -0.1) is 11.3 Å². The summed E-state index contributed by atoms with van der Waals surface area (Å²) in [6, 6.07) is 8.44. The van der Waals surface area contributed by atoms with E-state index in [1.54, 1.807) is 18.4 Å². The maximum Gasteiger partial charge on any atom is 0.185 e. The maximum atomic E-state index is 5.26. The fraction of sp³-hybridized carbons (Fsp3) is 0.438. The number of thiazole rings is 1. The van der Waals surface area contributed by atoms with Crippen LogP contribution in [0.2, 0.25) is 0 Å². The van der Waals surface area contributed by atoms with E-state index in [9.17, 15) is 0 Å². The Morgan fingerprint density at radius 1 is 1.43 bits per heavy atom. The number of hydrogen-bond acceptors (Lipinski definition) is 5. The van der Waals surface area contributed by atoms with Gasteiger partial charge in [-0.1, -0.05) is 19.1 Å². The first-order valence-corrected chi connectivity index (χ1v) is 8.05. The smallest absolute Gasteiger partial charge is 0.185 e. The Kier molecular flexibility index (Phi) is 5.59. The van der Waals surface area contributed by atoms with Crippen LogP contribution in [0.4, 0.5) is 5.13 Å². The Hall–Kier alpha value is -1.59. The van der Waals surface area contributed by atoms with Crippen LogP contribution in [0.1, 0.15) is 31.1 Å². The highest BCUT2D eigenvalue weighted by Crippen LogP contribution is 2.25. The highest BCUT2D eigenvalue weighted by molar-refractivity contribution is 7.13. The van der Waals surface area contributed by atoms with Crippen molar-refractivity contribution >= 4 is 16.5 Å². The average Bonchev–Trinajstić information content (AvgIpc) is 2.98. The molecule has 0 aliphatic rings. The monoisotopic (exact) mass is 305 g/mol. The van der Waals surface area contributed by atoms with Crippen LogP contribution in [0.3, 0.4) is 0 Å². The summed E-state index contributed by atoms with van der Waals surface area (Å²) in [6.07, 6.45) is 0. The summed E-state index contributed by atoms with van der Waals surface area (Å²) in [5.74, 6) is 0.890. The maximum absolute atomic E-state index is 5.26. The summed E-state index contributed by atoms with van der Waals surface area (Å²) in [4.78, 5) is 6.89. The third-order valence-corrected chi connectivity index (χ3v) is 4.32. The van der Waals surface area contributed by atoms with Crippen molar-refractivity contribution in [3.8, 4) is 5.75 Å². The van der Waals surface area contributed by atoms with E-state index >= 15 is 0 Å². The normalized spacial score (nSPS) is 12.2. The zero-order chi connectivity index (χ0) is 15.2. The molecule has 0 saturated heterocycles. The second kappa shape index (κ2) is 7.43. The lowest BCUT2D eigenvalue weighted by Gasteiger charge is -2.16. The number of methoxy groups -OCH3 is 1. The zero-order valence-corrected chi connectivity index (χ0v) is 13.9. The van der Waals surface area contributed by atoms with Crippen LogP contribution in [0.15, 0.2) is 29.6 Å². The van der Waals surface area contributed by atoms with Crippen molar-refractivity contribution in [3.05, 3.63) is 40.9 Å². The van der Waals surface area contributed by atoms with E-state index in [-0.39, 0.29) is 0 Å². The molecule has 2 rings (SSSR count). The van der Waals surface area contributed by atoms with Crippen molar-refractivity contribution in [2.24, 2.45) is 0 Å². The molecule has 0 fully saturated rings. The number of aromatic nitrogens is 1. The Balaban J connectivity index is 2.04. The lowest BCUT2D eigenvalue weighted by molar-refractivity contribution is 0.414. The molecule has 4 nitrogen and oxygen atoms in total. The Bertz CT molecular complexity index is 570. The molecule has 1 atom stereocenters. The van der Waals surface area contributed by atoms with Gasteiger partial charge in [0.1, 0.15) is 5.75 Å². The predicted octanol–water partition coefficient (Wildman–Crippen LogP) is 3.46. The first kappa shape index (κ1) is 15.8. The standard InChI is InChI=1S/C16H23N3OS/c1-5-17-12(2)15-11-21-16(18-15)19(3)10-13-7-6-8-14(9-13)20-4/h6-9,11-12,17H,5,10H2,1-4H3. The highest BCUT2D eigenvalue weighted by atomic mass is 32.1. The molecule has 21 heavy (non-hydrogen) atoms. The molecule has 1 N–H and O–H groups in total. The fourth-order valence-corrected chi connectivity index (χ4v) is 3.06. The first-order valence-electron chi connectivity index (χ1n) is 7.17. The molecule has 2 aromatic rings. The van der Waals surface area contributed by atoms with E-state index in [1.165, 1.54) is 5.56 Å². The van der Waals surface area contributed by atoms with Crippen molar-refractivity contribution in [3.63, 3.8) is 0 Å². The number of anilines is 1. The molecular formula is C16H23N3OS. The highest BCUT2D eigenvalue weighted by Gasteiger charge is 2.12. The van der Waals surface area contributed by atoms with Crippen molar-refractivity contribution in [1.82, 2.24) is 10.3 Å². The molecule has 114 valence electrons. The van der Waals surface area contributed by atoms with Crippen LogP contribution in [0.5, 0.6) is 5.75 Å². The topological polar surface area (TPSA) is 37.4 Å². The van der Waals surface area contributed by atoms with Crippen LogP contribution >= 0.6 is 11.3 Å². The summed E-state index contributed by atoms with van der Waals surface area (Å²) >= 11 is 1.68. The van der Waals surface area contributed by atoms with Gasteiger partial charge in [0.25, 0.3) is 0 Å². The van der Waals surface area contributed by atoms with Gasteiger partial charge in [-0.25, -0.2) is 4.98 Å². The number of ether oxygens (including phenoxy) is 1. The molecule has 1 aromatic carbocycles. The minimum atomic E-state index is 0.296. The summed E-state index contributed by atoms with van der Waals surface area (Å²) in [7, 11) is 3.76. The van der Waals surface area contributed by atoms with Gasteiger partial charge in [-0.3, -0.25) is 0 Å². The number of benzene rings is 1. The van der Waals surface area contributed by atoms with Crippen molar-refractivity contribution in [1.29, 1.82) is 0 Å². The summed E-state index contributed by atoms with van der Waals surface area (Å²) in [5.41, 5.74) is 2.32. The van der Waals surface area contributed by atoms with Crippen LogP contribution in [-0.2, 0) is 6.54 Å². The zero-order valence-electron chi connectivity index (χ0n) is 13.1. The molecule has 1 aromatic heterocycles. The minimum absolute atomic E-state index is 0.296. The van der Waals surface area contributed by atoms with E-state index in [1.807, 2.05) is 12.1 Å². The molecule has 0 bridgehead atoms. The van der Waals surface area contributed by atoms with E-state index in [0.717, 1.165) is 29.7 Å². The number of hydrogen-bond donors (Lipinski definition) is 1. The van der Waals surface area contributed by atoms with Gasteiger partial charge in [-0.05, 0) is 31.2 Å². The van der Waals surface area contributed by atoms with Crippen molar-refractivity contribution in [2.45, 2.75) is 26.4 Å². The van der Waals surface area contributed by atoms with Gasteiger partial charge in [0.15, 0.2) is 5.13 Å². The van der Waals surface area contributed by atoms with Crippen LogP contribution in [0, 0.1) is 0 Å². The molecule has 0 radical (unpaired) electrons. The second-order valence-corrected chi connectivity index (χ2v) is 5.88. The van der Waals surface area contributed by atoms with Crippen LogP contribution < -0.4 is 15.0 Å². The Morgan fingerprint density at radius 2 is 2.24 bits per heavy atom. The van der Waals surface area contributed by atoms with Gasteiger partial charge in [-0.2, -0.15) is 0 Å². The molecule has 0 spiro atoms. The lowest BCUT2D eigenvalue weighted by atomic mass is 10.2. The van der Waals surface area contributed by atoms with Gasteiger partial charge in [0.2, 0.25) is 0 Å².